The minimum atomic E-state index is -1.09. The molecule has 3 atom stereocenters. The van der Waals surface area contributed by atoms with E-state index in [0.29, 0.717) is 0 Å². The van der Waals surface area contributed by atoms with Crippen LogP contribution in [0.4, 0.5) is 0 Å². The van der Waals surface area contributed by atoms with Crippen LogP contribution in [-0.4, -0.2) is 34.4 Å². The summed E-state index contributed by atoms with van der Waals surface area (Å²) in [5, 5.41) is 9.72. The summed E-state index contributed by atoms with van der Waals surface area (Å²) in [7, 11) is 0. The van der Waals surface area contributed by atoms with Crippen molar-refractivity contribution < 1.29 is 5.11 Å². The Bertz CT molecular complexity index is 202. The molecule has 1 aliphatic heterocycles. The van der Waals surface area contributed by atoms with Crippen molar-refractivity contribution in [2.75, 3.05) is 13.1 Å². The van der Waals surface area contributed by atoms with Crippen LogP contribution in [0, 0.1) is 5.41 Å². The van der Waals surface area contributed by atoms with Crippen molar-refractivity contribution in [1.82, 2.24) is 4.90 Å². The number of hydrogen-bond donors (Lipinski definition) is 2. The van der Waals surface area contributed by atoms with E-state index >= 15 is 0 Å². The minimum absolute atomic E-state index is 0.222. The molecule has 3 N–H and O–H groups in total. The second kappa shape index (κ2) is 2.69. The van der Waals surface area contributed by atoms with Gasteiger partial charge in [0.1, 0.15) is 5.72 Å². The molecule has 1 heterocycles. The third-order valence-electron chi connectivity index (χ3n) is 2.85. The maximum absolute atomic E-state index is 9.72. The average Bonchev–Trinajstić information content (AvgIpc) is 2.35. The highest BCUT2D eigenvalue weighted by Gasteiger charge is 2.58. The lowest BCUT2D eigenvalue weighted by molar-refractivity contribution is 0.00919. The van der Waals surface area contributed by atoms with Crippen molar-refractivity contribution in [2.45, 2.75) is 45.9 Å². The van der Waals surface area contributed by atoms with Crippen molar-refractivity contribution >= 4 is 0 Å². The predicted molar refractivity (Wildman–Crippen MR) is 54.2 cm³/mol. The zero-order valence-electron chi connectivity index (χ0n) is 9.39. The van der Waals surface area contributed by atoms with E-state index in [1.54, 1.807) is 6.92 Å². The molecule has 0 radical (unpaired) electrons. The second-order valence-electron chi connectivity index (χ2n) is 5.84. The van der Waals surface area contributed by atoms with Crippen LogP contribution in [0.2, 0.25) is 0 Å². The first-order valence-corrected chi connectivity index (χ1v) is 4.83. The largest absolute Gasteiger partial charge is 0.374 e. The molecule has 13 heavy (non-hydrogen) atoms. The lowest BCUT2D eigenvalue weighted by Crippen LogP contribution is -2.52. The van der Waals surface area contributed by atoms with E-state index in [0.717, 1.165) is 13.1 Å². The van der Waals surface area contributed by atoms with Gasteiger partial charge in [0.25, 0.3) is 0 Å². The highest BCUT2D eigenvalue weighted by molar-refractivity contribution is 5.13. The Morgan fingerprint density at radius 1 is 1.38 bits per heavy atom. The minimum Gasteiger partial charge on any atom is -0.374 e. The van der Waals surface area contributed by atoms with E-state index in [9.17, 15) is 5.11 Å². The molecule has 0 spiro atoms. The molecular weight excluding hydrogens is 164 g/mol. The monoisotopic (exact) mass is 186 g/mol. The molecular formula is C10H22N2O. The van der Waals surface area contributed by atoms with Crippen LogP contribution in [-0.2, 0) is 0 Å². The summed E-state index contributed by atoms with van der Waals surface area (Å²) >= 11 is 0. The topological polar surface area (TPSA) is 49.3 Å². The van der Waals surface area contributed by atoms with Gasteiger partial charge in [-0.1, -0.05) is 20.8 Å². The smallest absolute Gasteiger partial charge is 0.130 e. The molecule has 1 saturated heterocycles. The van der Waals surface area contributed by atoms with Crippen LogP contribution >= 0.6 is 0 Å². The van der Waals surface area contributed by atoms with Gasteiger partial charge in [-0.2, -0.15) is 0 Å². The van der Waals surface area contributed by atoms with E-state index in [4.69, 9.17) is 5.73 Å². The van der Waals surface area contributed by atoms with Gasteiger partial charge in [0.05, 0.1) is 5.54 Å². The Kier molecular flexibility index (Phi) is 2.26. The molecule has 0 amide bonds. The third-order valence-corrected chi connectivity index (χ3v) is 2.85. The number of aliphatic hydroxyl groups is 1. The van der Waals surface area contributed by atoms with Gasteiger partial charge in [0, 0.05) is 13.1 Å². The molecule has 78 valence electrons. The summed E-state index contributed by atoms with van der Waals surface area (Å²) in [5.41, 5.74) is 4.66. The summed E-state index contributed by atoms with van der Waals surface area (Å²) in [6.07, 6.45) is 0. The fourth-order valence-corrected chi connectivity index (χ4v) is 1.62. The quantitative estimate of drug-likeness (QED) is 0.495. The van der Waals surface area contributed by atoms with Crippen molar-refractivity contribution in [2.24, 2.45) is 11.1 Å². The first-order chi connectivity index (χ1) is 5.56. The molecule has 1 fully saturated rings. The van der Waals surface area contributed by atoms with Gasteiger partial charge >= 0.3 is 0 Å². The van der Waals surface area contributed by atoms with E-state index in [1.807, 2.05) is 6.92 Å². The van der Waals surface area contributed by atoms with Crippen molar-refractivity contribution in [3.05, 3.63) is 0 Å². The Morgan fingerprint density at radius 2 is 1.85 bits per heavy atom. The normalized spacial score (nSPS) is 38.5. The molecule has 2 unspecified atom stereocenters. The zero-order valence-corrected chi connectivity index (χ0v) is 9.39. The van der Waals surface area contributed by atoms with Gasteiger partial charge in [-0.25, -0.2) is 0 Å². The van der Waals surface area contributed by atoms with Crippen molar-refractivity contribution in [3.63, 3.8) is 0 Å². The maximum atomic E-state index is 9.72. The van der Waals surface area contributed by atoms with E-state index in [-0.39, 0.29) is 11.0 Å². The SMILES string of the molecule is CC(C)(C)CN1C[C@]1(C)C(C)(N)O. The van der Waals surface area contributed by atoms with E-state index < -0.39 is 5.72 Å². The lowest BCUT2D eigenvalue weighted by atomic mass is 9.95. The Labute approximate surface area is 80.9 Å². The van der Waals surface area contributed by atoms with Crippen molar-refractivity contribution in [1.29, 1.82) is 0 Å². The molecule has 3 heteroatoms. The standard InChI is InChI=1S/C10H22N2O/c1-8(2,3)6-12-7-9(12,4)10(5,11)13/h13H,6-7,11H2,1-5H3/t9-,10?,12?/m1/s1. The summed E-state index contributed by atoms with van der Waals surface area (Å²) < 4.78 is 0. The van der Waals surface area contributed by atoms with Crippen LogP contribution in [0.3, 0.4) is 0 Å². The summed E-state index contributed by atoms with van der Waals surface area (Å²) in [6, 6.07) is 0. The molecule has 3 nitrogen and oxygen atoms in total. The molecule has 0 aromatic rings. The number of nitrogens with zero attached hydrogens (tertiary/aromatic N) is 1. The van der Waals surface area contributed by atoms with Gasteiger partial charge in [0.2, 0.25) is 0 Å². The van der Waals surface area contributed by atoms with Crippen LogP contribution in [0.25, 0.3) is 0 Å². The van der Waals surface area contributed by atoms with E-state index in [1.165, 1.54) is 0 Å². The Balaban J connectivity index is 2.55. The number of nitrogens with two attached hydrogens (primary N) is 1. The van der Waals surface area contributed by atoms with Crippen LogP contribution in [0.5, 0.6) is 0 Å². The second-order valence-corrected chi connectivity index (χ2v) is 5.84. The number of rotatable bonds is 2. The predicted octanol–water partition coefficient (Wildman–Crippen LogP) is 0.774. The van der Waals surface area contributed by atoms with E-state index in [2.05, 4.69) is 25.7 Å². The van der Waals surface area contributed by atoms with Gasteiger partial charge in [-0.05, 0) is 19.3 Å². The van der Waals surface area contributed by atoms with Gasteiger partial charge in [-0.3, -0.25) is 4.90 Å². The molecule has 0 bridgehead atoms. The highest BCUT2D eigenvalue weighted by Crippen LogP contribution is 2.40. The van der Waals surface area contributed by atoms with Crippen molar-refractivity contribution in [3.8, 4) is 0 Å². The first kappa shape index (κ1) is 11.0. The van der Waals surface area contributed by atoms with Crippen LogP contribution in [0.15, 0.2) is 0 Å². The lowest BCUT2D eigenvalue weighted by Gasteiger charge is -2.29. The first-order valence-electron chi connectivity index (χ1n) is 4.83. The van der Waals surface area contributed by atoms with Gasteiger partial charge in [-0.15, -0.1) is 0 Å². The van der Waals surface area contributed by atoms with Crippen LogP contribution in [0.1, 0.15) is 34.6 Å². The zero-order chi connectivity index (χ0) is 10.5. The fourth-order valence-electron chi connectivity index (χ4n) is 1.62. The maximum Gasteiger partial charge on any atom is 0.130 e. The molecule has 0 aliphatic carbocycles. The summed E-state index contributed by atoms with van der Waals surface area (Å²) in [4.78, 5) is 2.23. The van der Waals surface area contributed by atoms with Gasteiger partial charge in [0.15, 0.2) is 0 Å². The molecule has 0 saturated carbocycles. The number of hydrogen-bond acceptors (Lipinski definition) is 3. The average molecular weight is 186 g/mol. The fraction of sp³-hybridized carbons (Fsp3) is 1.00. The van der Waals surface area contributed by atoms with Gasteiger partial charge < -0.3 is 10.8 Å². The third kappa shape index (κ3) is 2.22. The molecule has 1 rings (SSSR count). The summed E-state index contributed by atoms with van der Waals surface area (Å²) in [6.45, 7) is 12.1. The Hall–Kier alpha value is -0.120. The molecule has 0 aromatic carbocycles. The summed E-state index contributed by atoms with van der Waals surface area (Å²) in [5.74, 6) is 0. The Morgan fingerprint density at radius 3 is 2.08 bits per heavy atom. The molecule has 0 aromatic heterocycles. The molecule has 1 aliphatic rings. The highest BCUT2D eigenvalue weighted by atomic mass is 16.3. The van der Waals surface area contributed by atoms with Crippen LogP contribution < -0.4 is 5.73 Å².